The first-order chi connectivity index (χ1) is 14.8. The van der Waals surface area contributed by atoms with Crippen LogP contribution in [0.2, 0.25) is 0 Å². The third-order valence-electron chi connectivity index (χ3n) is 4.54. The van der Waals surface area contributed by atoms with Gasteiger partial charge in [0.2, 0.25) is 0 Å². The van der Waals surface area contributed by atoms with E-state index in [4.69, 9.17) is 0 Å². The van der Waals surface area contributed by atoms with Gasteiger partial charge >= 0.3 is 0 Å². The van der Waals surface area contributed by atoms with E-state index in [0.29, 0.717) is 0 Å². The van der Waals surface area contributed by atoms with Crippen LogP contribution in [-0.4, -0.2) is 0 Å². The van der Waals surface area contributed by atoms with Crippen LogP contribution in [0.4, 0.5) is 0 Å². The zero-order valence-corrected chi connectivity index (χ0v) is 19.7. The molecule has 0 bridgehead atoms. The van der Waals surface area contributed by atoms with Crippen molar-refractivity contribution >= 4 is 11.6 Å². The van der Waals surface area contributed by atoms with E-state index in [-0.39, 0.29) is 0 Å². The number of aryl methyl sites for hydroxylation is 1. The van der Waals surface area contributed by atoms with Gasteiger partial charge in [-0.3, -0.25) is 0 Å². The zero-order chi connectivity index (χ0) is 22.2. The minimum Gasteiger partial charge on any atom is -0.0769 e. The van der Waals surface area contributed by atoms with Crippen LogP contribution < -0.4 is 0 Å². The van der Waals surface area contributed by atoms with Gasteiger partial charge < -0.3 is 0 Å². The predicted octanol–water partition coefficient (Wildman–Crippen LogP) is 9.15. The molecule has 0 aliphatic heterocycles. The molecule has 0 saturated heterocycles. The van der Waals surface area contributed by atoms with Crippen molar-refractivity contribution in [2.75, 3.05) is 0 Å². The van der Waals surface area contributed by atoms with E-state index in [2.05, 4.69) is 111 Å². The summed E-state index contributed by atoms with van der Waals surface area (Å²) in [5.74, 6) is 0. The van der Waals surface area contributed by atoms with Gasteiger partial charge in [-0.25, -0.2) is 0 Å². The highest BCUT2D eigenvalue weighted by molar-refractivity contribution is 5.80. The van der Waals surface area contributed by atoms with Crippen molar-refractivity contribution in [3.05, 3.63) is 119 Å². The molecule has 3 aromatic carbocycles. The molecule has 0 aliphatic carbocycles. The lowest BCUT2D eigenvalue weighted by Gasteiger charge is -2.07. The van der Waals surface area contributed by atoms with Gasteiger partial charge in [0.1, 0.15) is 0 Å². The zero-order valence-electron chi connectivity index (χ0n) is 19.7. The molecule has 0 unspecified atom stereocenters. The van der Waals surface area contributed by atoms with Gasteiger partial charge in [-0.1, -0.05) is 132 Å². The molecule has 3 rings (SSSR count). The highest BCUT2D eigenvalue weighted by atomic mass is 14.1. The van der Waals surface area contributed by atoms with Gasteiger partial charge in [-0.05, 0) is 53.2 Å². The molecule has 0 amide bonds. The minimum atomic E-state index is 0.970. The molecule has 0 heteroatoms. The Morgan fingerprint density at radius 3 is 2.03 bits per heavy atom. The molecule has 0 saturated carbocycles. The predicted molar refractivity (Wildman–Crippen MR) is 137 cm³/mol. The number of allylic oxidation sites excluding steroid dienone is 3. The second-order valence-corrected chi connectivity index (χ2v) is 6.62. The lowest BCUT2D eigenvalue weighted by Crippen LogP contribution is -1.88. The van der Waals surface area contributed by atoms with Crippen LogP contribution in [0.3, 0.4) is 0 Å². The van der Waals surface area contributed by atoms with Crippen LogP contribution in [0.15, 0.2) is 91.0 Å². The fraction of sp³-hybridized carbons (Fsp3) is 0.267. The number of hydrogen-bond donors (Lipinski definition) is 0. The normalized spacial score (nSPS) is 10.7. The summed E-state index contributed by atoms with van der Waals surface area (Å²) in [5.41, 5.74) is 7.85. The van der Waals surface area contributed by atoms with Crippen molar-refractivity contribution < 1.29 is 0 Å². The molecular weight excluding hydrogens is 360 g/mol. The summed E-state index contributed by atoms with van der Waals surface area (Å²) in [7, 11) is 0. The minimum absolute atomic E-state index is 0.970. The van der Waals surface area contributed by atoms with E-state index in [1.54, 1.807) is 0 Å². The van der Waals surface area contributed by atoms with Crippen LogP contribution in [0.1, 0.15) is 68.9 Å². The Kier molecular flexibility index (Phi) is 12.6. The maximum Gasteiger partial charge on any atom is -0.00256 e. The lowest BCUT2D eigenvalue weighted by atomic mass is 9.98. The molecule has 3 aromatic rings. The van der Waals surface area contributed by atoms with Crippen molar-refractivity contribution in [2.24, 2.45) is 0 Å². The van der Waals surface area contributed by atoms with E-state index in [1.807, 2.05) is 27.7 Å². The van der Waals surface area contributed by atoms with Crippen LogP contribution >= 0.6 is 0 Å². The topological polar surface area (TPSA) is 0 Å². The van der Waals surface area contributed by atoms with Gasteiger partial charge in [0.25, 0.3) is 0 Å². The molecule has 0 atom stereocenters. The summed E-state index contributed by atoms with van der Waals surface area (Å²) in [4.78, 5) is 0. The summed E-state index contributed by atoms with van der Waals surface area (Å²) in [6.07, 6.45) is 8.77. The summed E-state index contributed by atoms with van der Waals surface area (Å²) in [6.45, 7) is 12.4. The lowest BCUT2D eigenvalue weighted by molar-refractivity contribution is 1.19. The molecule has 0 fully saturated rings. The van der Waals surface area contributed by atoms with Gasteiger partial charge in [-0.2, -0.15) is 0 Å². The number of hydrogen-bond acceptors (Lipinski definition) is 0. The number of benzene rings is 3. The average molecular weight is 399 g/mol. The first kappa shape index (κ1) is 25.2. The molecule has 0 aromatic heterocycles. The Morgan fingerprint density at radius 1 is 0.733 bits per heavy atom. The first-order valence-corrected chi connectivity index (χ1v) is 11.3. The molecule has 0 heterocycles. The van der Waals surface area contributed by atoms with E-state index in [1.165, 1.54) is 33.4 Å². The molecule has 30 heavy (non-hydrogen) atoms. The number of rotatable bonds is 6. The Hall–Kier alpha value is -2.86. The molecule has 0 radical (unpaired) electrons. The van der Waals surface area contributed by atoms with Crippen LogP contribution in [0, 0.1) is 6.92 Å². The third-order valence-corrected chi connectivity index (χ3v) is 4.54. The van der Waals surface area contributed by atoms with Gasteiger partial charge in [0, 0.05) is 0 Å². The second kappa shape index (κ2) is 15.0. The Morgan fingerprint density at radius 2 is 1.37 bits per heavy atom. The van der Waals surface area contributed by atoms with E-state index in [0.717, 1.165) is 12.8 Å². The summed E-state index contributed by atoms with van der Waals surface area (Å²) < 4.78 is 0. The molecule has 0 nitrogen and oxygen atoms in total. The standard InChI is InChI=1S/C26H26.2C2H6/c1-3-10-25(26-16-8-7-11-21(26)2)18-17-23-14-9-15-24(20-23)19-22-12-5-4-6-13-22;2*1-2/h4-18,20H,3,19H2,1-2H3;2*1-2H3/b18-17+,25-10-;;. The van der Waals surface area contributed by atoms with Crippen LogP contribution in [0.25, 0.3) is 11.6 Å². The summed E-state index contributed by atoms with van der Waals surface area (Å²) in [6, 6.07) is 28.0. The maximum atomic E-state index is 2.30. The van der Waals surface area contributed by atoms with E-state index < -0.39 is 0 Å². The fourth-order valence-electron chi connectivity index (χ4n) is 3.21. The monoisotopic (exact) mass is 398 g/mol. The SMILES string of the molecule is CC.CC.CC/C=C(/C=C/c1cccc(Cc2ccccc2)c1)c1ccccc1C. The summed E-state index contributed by atoms with van der Waals surface area (Å²) >= 11 is 0. The smallest absolute Gasteiger partial charge is 0.00256 e. The van der Waals surface area contributed by atoms with E-state index >= 15 is 0 Å². The first-order valence-electron chi connectivity index (χ1n) is 11.3. The van der Waals surface area contributed by atoms with Crippen molar-refractivity contribution in [1.29, 1.82) is 0 Å². The van der Waals surface area contributed by atoms with Gasteiger partial charge in [0.15, 0.2) is 0 Å². The summed E-state index contributed by atoms with van der Waals surface area (Å²) in [5, 5.41) is 0. The maximum absolute atomic E-state index is 2.30. The van der Waals surface area contributed by atoms with Gasteiger partial charge in [-0.15, -0.1) is 0 Å². The van der Waals surface area contributed by atoms with Crippen LogP contribution in [0.5, 0.6) is 0 Å². The molecule has 0 spiro atoms. The fourth-order valence-corrected chi connectivity index (χ4v) is 3.21. The molecule has 158 valence electrons. The van der Waals surface area contributed by atoms with Crippen molar-refractivity contribution in [3.63, 3.8) is 0 Å². The highest BCUT2D eigenvalue weighted by Gasteiger charge is 2.01. The van der Waals surface area contributed by atoms with Crippen molar-refractivity contribution in [2.45, 2.75) is 54.4 Å². The van der Waals surface area contributed by atoms with Crippen molar-refractivity contribution in [1.82, 2.24) is 0 Å². The Bertz CT molecular complexity index is 898. The third kappa shape index (κ3) is 8.25. The average Bonchev–Trinajstić information content (AvgIpc) is 2.81. The molecule has 0 N–H and O–H groups in total. The Labute approximate surface area is 185 Å². The van der Waals surface area contributed by atoms with Gasteiger partial charge in [0.05, 0.1) is 0 Å². The van der Waals surface area contributed by atoms with E-state index in [9.17, 15) is 0 Å². The molecule has 0 aliphatic rings. The quantitative estimate of drug-likeness (QED) is 0.363. The largest absolute Gasteiger partial charge is 0.0769 e. The second-order valence-electron chi connectivity index (χ2n) is 6.62. The highest BCUT2D eigenvalue weighted by Crippen LogP contribution is 2.22. The Balaban J connectivity index is 0.00000106. The molecular formula is C30H38. The van der Waals surface area contributed by atoms with Crippen LogP contribution in [-0.2, 0) is 6.42 Å². The van der Waals surface area contributed by atoms with Crippen molar-refractivity contribution in [3.8, 4) is 0 Å².